The minimum atomic E-state index is -0.468. The second kappa shape index (κ2) is 6.01. The lowest BCUT2D eigenvalue weighted by Gasteiger charge is -2.08. The Balaban J connectivity index is 2.18. The molecule has 2 rings (SSSR count). The van der Waals surface area contributed by atoms with Crippen LogP contribution in [0.25, 0.3) is 0 Å². The average molecular weight is 273 g/mol. The van der Waals surface area contributed by atoms with Crippen LogP contribution in [-0.4, -0.2) is 17.0 Å². The predicted octanol–water partition coefficient (Wildman–Crippen LogP) is 2.92. The number of hydrogen-bond acceptors (Lipinski definition) is 5. The van der Waals surface area contributed by atoms with Crippen LogP contribution >= 0.6 is 0 Å². The van der Waals surface area contributed by atoms with Gasteiger partial charge in [0.05, 0.1) is 12.0 Å². The summed E-state index contributed by atoms with van der Waals surface area (Å²) in [4.78, 5) is 14.6. The fourth-order valence-corrected chi connectivity index (χ4v) is 1.72. The molecule has 0 unspecified atom stereocenters. The van der Waals surface area contributed by atoms with Gasteiger partial charge < -0.3 is 10.1 Å². The lowest BCUT2D eigenvalue weighted by molar-refractivity contribution is -0.384. The Morgan fingerprint density at radius 3 is 2.55 bits per heavy atom. The molecule has 0 spiro atoms. The minimum absolute atomic E-state index is 0.0714. The predicted molar refractivity (Wildman–Crippen MR) is 75.9 cm³/mol. The second-order valence-corrected chi connectivity index (χ2v) is 4.32. The third-order valence-electron chi connectivity index (χ3n) is 2.83. The van der Waals surface area contributed by atoms with Crippen molar-refractivity contribution in [1.82, 2.24) is 4.98 Å². The number of aromatic nitrogens is 1. The fourth-order valence-electron chi connectivity index (χ4n) is 1.72. The van der Waals surface area contributed by atoms with E-state index >= 15 is 0 Å². The standard InChI is InChI=1S/C14H15N3O3/c1-10-3-5-11(6-4-10)9-15-14-12(17(18)19)7-8-13(16-14)20-2/h3-8H,9H2,1-2H3,(H,15,16). The number of rotatable bonds is 5. The summed E-state index contributed by atoms with van der Waals surface area (Å²) in [6.45, 7) is 2.47. The fraction of sp³-hybridized carbons (Fsp3) is 0.214. The molecule has 0 aliphatic heterocycles. The van der Waals surface area contributed by atoms with E-state index in [1.165, 1.54) is 24.8 Å². The molecule has 1 aromatic heterocycles. The van der Waals surface area contributed by atoms with Gasteiger partial charge in [-0.3, -0.25) is 10.1 Å². The van der Waals surface area contributed by atoms with Crippen LogP contribution in [0.2, 0.25) is 0 Å². The Morgan fingerprint density at radius 1 is 1.25 bits per heavy atom. The number of methoxy groups -OCH3 is 1. The van der Waals surface area contributed by atoms with Gasteiger partial charge in [-0.25, -0.2) is 0 Å². The highest BCUT2D eigenvalue weighted by Gasteiger charge is 2.16. The monoisotopic (exact) mass is 273 g/mol. The molecular formula is C14H15N3O3. The van der Waals surface area contributed by atoms with Crippen molar-refractivity contribution in [2.45, 2.75) is 13.5 Å². The highest BCUT2D eigenvalue weighted by atomic mass is 16.6. The molecule has 0 saturated carbocycles. The van der Waals surface area contributed by atoms with Crippen LogP contribution in [0, 0.1) is 17.0 Å². The third kappa shape index (κ3) is 3.23. The summed E-state index contributed by atoms with van der Waals surface area (Å²) >= 11 is 0. The summed E-state index contributed by atoms with van der Waals surface area (Å²) in [7, 11) is 1.47. The van der Waals surface area contributed by atoms with Crippen LogP contribution in [0.4, 0.5) is 11.5 Å². The zero-order valence-corrected chi connectivity index (χ0v) is 11.3. The molecule has 0 atom stereocenters. The van der Waals surface area contributed by atoms with E-state index in [9.17, 15) is 10.1 Å². The van der Waals surface area contributed by atoms with Crippen molar-refractivity contribution in [1.29, 1.82) is 0 Å². The molecule has 6 nitrogen and oxygen atoms in total. The number of aryl methyl sites for hydroxylation is 1. The minimum Gasteiger partial charge on any atom is -0.481 e. The largest absolute Gasteiger partial charge is 0.481 e. The third-order valence-corrected chi connectivity index (χ3v) is 2.83. The molecule has 0 aliphatic carbocycles. The molecule has 6 heteroatoms. The van der Waals surface area contributed by atoms with E-state index in [1.54, 1.807) is 0 Å². The first-order valence-electron chi connectivity index (χ1n) is 6.09. The van der Waals surface area contributed by atoms with E-state index in [0.29, 0.717) is 12.4 Å². The first-order chi connectivity index (χ1) is 9.60. The highest BCUT2D eigenvalue weighted by Crippen LogP contribution is 2.25. The first kappa shape index (κ1) is 13.8. The number of pyridine rings is 1. The van der Waals surface area contributed by atoms with Gasteiger partial charge in [-0.2, -0.15) is 4.98 Å². The summed E-state index contributed by atoms with van der Waals surface area (Å²) in [6, 6.07) is 10.8. The maximum atomic E-state index is 11.0. The number of anilines is 1. The van der Waals surface area contributed by atoms with Crippen LogP contribution in [0.5, 0.6) is 5.88 Å². The molecule has 1 heterocycles. The van der Waals surface area contributed by atoms with Crippen molar-refractivity contribution in [2.24, 2.45) is 0 Å². The Bertz CT molecular complexity index is 612. The van der Waals surface area contributed by atoms with Gasteiger partial charge in [0.2, 0.25) is 11.7 Å². The molecule has 0 saturated heterocycles. The number of ether oxygens (including phenoxy) is 1. The van der Waals surface area contributed by atoms with Crippen LogP contribution in [0.15, 0.2) is 36.4 Å². The number of benzene rings is 1. The quantitative estimate of drug-likeness (QED) is 0.669. The summed E-state index contributed by atoms with van der Waals surface area (Å²) in [5.41, 5.74) is 2.12. The number of hydrogen-bond donors (Lipinski definition) is 1. The molecule has 0 radical (unpaired) electrons. The van der Waals surface area contributed by atoms with Crippen LogP contribution in [0.3, 0.4) is 0 Å². The van der Waals surface area contributed by atoms with Gasteiger partial charge >= 0.3 is 5.69 Å². The van der Waals surface area contributed by atoms with Crippen molar-refractivity contribution >= 4 is 11.5 Å². The van der Waals surface area contributed by atoms with Gasteiger partial charge in [-0.05, 0) is 12.5 Å². The summed E-state index contributed by atoms with van der Waals surface area (Å²) < 4.78 is 4.98. The van der Waals surface area contributed by atoms with Gasteiger partial charge in [0.25, 0.3) is 0 Å². The molecule has 0 fully saturated rings. The van der Waals surface area contributed by atoms with Crippen molar-refractivity contribution in [3.63, 3.8) is 0 Å². The van der Waals surface area contributed by atoms with Crippen molar-refractivity contribution in [3.8, 4) is 5.88 Å². The van der Waals surface area contributed by atoms with Gasteiger partial charge in [0.15, 0.2) is 0 Å². The highest BCUT2D eigenvalue weighted by molar-refractivity contribution is 5.57. The van der Waals surface area contributed by atoms with Crippen LogP contribution in [-0.2, 0) is 6.54 Å². The smallest absolute Gasteiger partial charge is 0.311 e. The van der Waals surface area contributed by atoms with E-state index in [4.69, 9.17) is 4.74 Å². The summed E-state index contributed by atoms with van der Waals surface area (Å²) in [5.74, 6) is 0.539. The second-order valence-electron chi connectivity index (χ2n) is 4.32. The molecule has 1 N–H and O–H groups in total. The molecular weight excluding hydrogens is 258 g/mol. The van der Waals surface area contributed by atoms with Crippen molar-refractivity contribution in [2.75, 3.05) is 12.4 Å². The molecule has 1 aromatic carbocycles. The topological polar surface area (TPSA) is 77.3 Å². The molecule has 0 aliphatic rings. The van der Waals surface area contributed by atoms with Gasteiger partial charge in [0, 0.05) is 18.7 Å². The molecule has 20 heavy (non-hydrogen) atoms. The lowest BCUT2D eigenvalue weighted by Crippen LogP contribution is -2.05. The number of nitrogens with one attached hydrogen (secondary N) is 1. The van der Waals surface area contributed by atoms with Crippen LogP contribution in [0.1, 0.15) is 11.1 Å². The number of nitro groups is 1. The normalized spacial score (nSPS) is 10.1. The van der Waals surface area contributed by atoms with Crippen molar-refractivity contribution < 1.29 is 9.66 Å². The Hall–Kier alpha value is -2.63. The summed E-state index contributed by atoms with van der Waals surface area (Å²) in [6.07, 6.45) is 0. The van der Waals surface area contributed by atoms with Crippen LogP contribution < -0.4 is 10.1 Å². The Kier molecular flexibility index (Phi) is 4.14. The maximum absolute atomic E-state index is 11.0. The van der Waals surface area contributed by atoms with E-state index in [0.717, 1.165) is 5.56 Å². The van der Waals surface area contributed by atoms with Crippen molar-refractivity contribution in [3.05, 3.63) is 57.6 Å². The van der Waals surface area contributed by atoms with E-state index < -0.39 is 4.92 Å². The van der Waals surface area contributed by atoms with E-state index in [2.05, 4.69) is 10.3 Å². The Labute approximate surface area is 116 Å². The molecule has 104 valence electrons. The van der Waals surface area contributed by atoms with Gasteiger partial charge in [0.1, 0.15) is 0 Å². The lowest BCUT2D eigenvalue weighted by atomic mass is 10.1. The van der Waals surface area contributed by atoms with E-state index in [1.807, 2.05) is 31.2 Å². The van der Waals surface area contributed by atoms with E-state index in [-0.39, 0.29) is 11.5 Å². The van der Waals surface area contributed by atoms with Gasteiger partial charge in [-0.15, -0.1) is 0 Å². The SMILES string of the molecule is COc1ccc([N+](=O)[O-])c(NCc2ccc(C)cc2)n1. The summed E-state index contributed by atoms with van der Waals surface area (Å²) in [5, 5.41) is 13.9. The first-order valence-corrected chi connectivity index (χ1v) is 6.09. The Morgan fingerprint density at radius 2 is 1.95 bits per heavy atom. The van der Waals surface area contributed by atoms with Gasteiger partial charge in [-0.1, -0.05) is 29.8 Å². The zero-order chi connectivity index (χ0) is 14.5. The molecule has 0 amide bonds. The molecule has 0 bridgehead atoms. The maximum Gasteiger partial charge on any atom is 0.311 e. The average Bonchev–Trinajstić information content (AvgIpc) is 2.46. The molecule has 2 aromatic rings. The zero-order valence-electron chi connectivity index (χ0n) is 11.3. The number of nitrogens with zero attached hydrogens (tertiary/aromatic N) is 2.